The third-order valence-corrected chi connectivity index (χ3v) is 2.90. The maximum atomic E-state index is 5.47. The van der Waals surface area contributed by atoms with Gasteiger partial charge in [-0.15, -0.1) is 0 Å². The number of nitrogens with zero attached hydrogens (tertiary/aromatic N) is 3. The first-order valence-corrected chi connectivity index (χ1v) is 6.03. The summed E-state index contributed by atoms with van der Waals surface area (Å²) in [6.45, 7) is 0. The molecule has 20 heavy (non-hydrogen) atoms. The summed E-state index contributed by atoms with van der Waals surface area (Å²) >= 11 is 0. The third kappa shape index (κ3) is 2.31. The van der Waals surface area contributed by atoms with Crippen molar-refractivity contribution in [1.82, 2.24) is 15.0 Å². The van der Waals surface area contributed by atoms with E-state index in [2.05, 4.69) is 20.3 Å². The molecule has 0 atom stereocenters. The number of benzene rings is 1. The number of rotatable bonds is 3. The zero-order chi connectivity index (χ0) is 13.9. The molecule has 2 aromatic heterocycles. The van der Waals surface area contributed by atoms with Crippen LogP contribution in [0.4, 0.5) is 17.3 Å². The lowest BCUT2D eigenvalue weighted by molar-refractivity contribution is 0.415. The second-order valence-electron chi connectivity index (χ2n) is 4.20. The first kappa shape index (κ1) is 12.2. The van der Waals surface area contributed by atoms with Crippen molar-refractivity contribution in [3.05, 3.63) is 42.9 Å². The van der Waals surface area contributed by atoms with Crippen LogP contribution >= 0.6 is 0 Å². The van der Waals surface area contributed by atoms with Gasteiger partial charge in [0.05, 0.1) is 30.7 Å². The van der Waals surface area contributed by atoms with E-state index >= 15 is 0 Å². The summed E-state index contributed by atoms with van der Waals surface area (Å²) in [5.41, 5.74) is 8.01. The molecule has 100 valence electrons. The number of nitrogen functional groups attached to an aromatic ring is 1. The van der Waals surface area contributed by atoms with Gasteiger partial charge in [-0.25, -0.2) is 9.97 Å². The molecule has 0 fully saturated rings. The van der Waals surface area contributed by atoms with Gasteiger partial charge in [0.15, 0.2) is 0 Å². The molecule has 2 heterocycles. The minimum atomic E-state index is 0.250. The third-order valence-electron chi connectivity index (χ3n) is 2.90. The summed E-state index contributed by atoms with van der Waals surface area (Å²) in [5.74, 6) is 1.03. The molecule has 3 aromatic rings. The van der Waals surface area contributed by atoms with Crippen LogP contribution in [0.2, 0.25) is 0 Å². The predicted molar refractivity (Wildman–Crippen MR) is 78.0 cm³/mol. The van der Waals surface area contributed by atoms with Crippen LogP contribution < -0.4 is 15.8 Å². The lowest BCUT2D eigenvalue weighted by Gasteiger charge is -2.09. The Morgan fingerprint density at radius 2 is 1.90 bits per heavy atom. The van der Waals surface area contributed by atoms with Gasteiger partial charge < -0.3 is 15.8 Å². The van der Waals surface area contributed by atoms with Crippen molar-refractivity contribution in [2.24, 2.45) is 0 Å². The maximum absolute atomic E-state index is 5.47. The lowest BCUT2D eigenvalue weighted by atomic mass is 10.2. The quantitative estimate of drug-likeness (QED) is 0.757. The summed E-state index contributed by atoms with van der Waals surface area (Å²) in [4.78, 5) is 12.2. The highest BCUT2D eigenvalue weighted by Crippen LogP contribution is 2.27. The van der Waals surface area contributed by atoms with E-state index in [1.807, 2.05) is 24.3 Å². The van der Waals surface area contributed by atoms with Crippen molar-refractivity contribution in [1.29, 1.82) is 0 Å². The Morgan fingerprint density at radius 1 is 1.10 bits per heavy atom. The van der Waals surface area contributed by atoms with E-state index in [1.54, 1.807) is 25.7 Å². The van der Waals surface area contributed by atoms with Crippen LogP contribution in [-0.4, -0.2) is 22.1 Å². The second-order valence-corrected chi connectivity index (χ2v) is 4.20. The molecule has 0 bridgehead atoms. The minimum absolute atomic E-state index is 0.250. The fourth-order valence-electron chi connectivity index (χ4n) is 1.92. The molecule has 0 unspecified atom stereocenters. The zero-order valence-electron chi connectivity index (χ0n) is 10.9. The summed E-state index contributed by atoms with van der Waals surface area (Å²) < 4.78 is 5.20. The number of aromatic nitrogens is 3. The minimum Gasteiger partial charge on any atom is -0.497 e. The van der Waals surface area contributed by atoms with E-state index in [-0.39, 0.29) is 5.95 Å². The van der Waals surface area contributed by atoms with E-state index in [0.717, 1.165) is 28.0 Å². The van der Waals surface area contributed by atoms with Gasteiger partial charge in [0.2, 0.25) is 5.95 Å². The van der Waals surface area contributed by atoms with Crippen molar-refractivity contribution < 1.29 is 4.74 Å². The van der Waals surface area contributed by atoms with E-state index in [0.29, 0.717) is 0 Å². The molecule has 3 rings (SSSR count). The van der Waals surface area contributed by atoms with Crippen LogP contribution in [0, 0.1) is 0 Å². The maximum Gasteiger partial charge on any atom is 0.220 e. The molecule has 0 saturated carbocycles. The zero-order valence-corrected chi connectivity index (χ0v) is 10.9. The number of anilines is 3. The molecule has 0 amide bonds. The smallest absolute Gasteiger partial charge is 0.220 e. The summed E-state index contributed by atoms with van der Waals surface area (Å²) in [6.07, 6.45) is 5.01. The average molecular weight is 267 g/mol. The number of pyridine rings is 1. The summed E-state index contributed by atoms with van der Waals surface area (Å²) in [5, 5.41) is 4.24. The first-order chi connectivity index (χ1) is 9.76. The van der Waals surface area contributed by atoms with Gasteiger partial charge in [-0.05, 0) is 18.2 Å². The molecule has 6 nitrogen and oxygen atoms in total. The van der Waals surface area contributed by atoms with Gasteiger partial charge in [-0.2, -0.15) is 0 Å². The Bertz CT molecular complexity index is 742. The number of fused-ring (bicyclic) bond motifs is 1. The molecule has 1 aromatic carbocycles. The average Bonchev–Trinajstić information content (AvgIpc) is 2.49. The molecule has 0 radical (unpaired) electrons. The topological polar surface area (TPSA) is 86.0 Å². The Balaban J connectivity index is 2.01. The Morgan fingerprint density at radius 3 is 2.65 bits per heavy atom. The number of nitrogens with one attached hydrogen (secondary N) is 1. The van der Waals surface area contributed by atoms with E-state index in [4.69, 9.17) is 10.5 Å². The highest BCUT2D eigenvalue weighted by Gasteiger charge is 2.04. The Labute approximate surface area is 115 Å². The van der Waals surface area contributed by atoms with Crippen LogP contribution in [0.5, 0.6) is 5.75 Å². The number of nitrogens with two attached hydrogens (primary N) is 1. The molecule has 0 aliphatic carbocycles. The van der Waals surface area contributed by atoms with Gasteiger partial charge >= 0.3 is 0 Å². The number of methoxy groups -OCH3 is 1. The summed E-state index contributed by atoms with van der Waals surface area (Å²) in [6, 6.07) is 7.64. The van der Waals surface area contributed by atoms with Gasteiger partial charge in [-0.1, -0.05) is 0 Å². The van der Waals surface area contributed by atoms with Crippen LogP contribution in [0.1, 0.15) is 0 Å². The number of ether oxygens (including phenoxy) is 1. The van der Waals surface area contributed by atoms with Crippen LogP contribution in [-0.2, 0) is 0 Å². The summed E-state index contributed by atoms with van der Waals surface area (Å²) in [7, 11) is 1.63. The number of hydrogen-bond donors (Lipinski definition) is 2. The first-order valence-electron chi connectivity index (χ1n) is 6.03. The van der Waals surface area contributed by atoms with Gasteiger partial charge in [0.25, 0.3) is 0 Å². The molecule has 0 aliphatic rings. The molecule has 0 saturated heterocycles. The van der Waals surface area contributed by atoms with Crippen LogP contribution in [0.3, 0.4) is 0 Å². The van der Waals surface area contributed by atoms with Crippen molar-refractivity contribution in [2.75, 3.05) is 18.2 Å². The SMILES string of the molecule is COc1ccc2c(Nc3cnc(N)nc3)ccnc2c1. The molecular formula is C14H13N5O. The molecule has 3 N–H and O–H groups in total. The Hall–Kier alpha value is -2.89. The standard InChI is InChI=1S/C14H13N5O/c1-20-10-2-3-11-12(4-5-16-13(11)6-10)19-9-7-17-14(15)18-8-9/h2-8H,1H3,(H,16,19)(H2,15,17,18). The highest BCUT2D eigenvalue weighted by molar-refractivity contribution is 5.93. The van der Waals surface area contributed by atoms with E-state index < -0.39 is 0 Å². The lowest BCUT2D eigenvalue weighted by Crippen LogP contribution is -1.97. The van der Waals surface area contributed by atoms with Crippen molar-refractivity contribution in [2.45, 2.75) is 0 Å². The molecule has 0 spiro atoms. The normalized spacial score (nSPS) is 10.4. The van der Waals surface area contributed by atoms with Gasteiger partial charge in [0, 0.05) is 23.3 Å². The monoisotopic (exact) mass is 267 g/mol. The van der Waals surface area contributed by atoms with Crippen LogP contribution in [0.15, 0.2) is 42.9 Å². The predicted octanol–water partition coefficient (Wildman–Crippen LogP) is 2.36. The highest BCUT2D eigenvalue weighted by atomic mass is 16.5. The molecule has 6 heteroatoms. The van der Waals surface area contributed by atoms with E-state index in [9.17, 15) is 0 Å². The number of hydrogen-bond acceptors (Lipinski definition) is 6. The fraction of sp³-hybridized carbons (Fsp3) is 0.0714. The van der Waals surface area contributed by atoms with Gasteiger partial charge in [0.1, 0.15) is 5.75 Å². The van der Waals surface area contributed by atoms with Crippen molar-refractivity contribution >= 4 is 28.2 Å². The van der Waals surface area contributed by atoms with Crippen LogP contribution in [0.25, 0.3) is 10.9 Å². The fourth-order valence-corrected chi connectivity index (χ4v) is 1.92. The largest absolute Gasteiger partial charge is 0.497 e. The Kier molecular flexibility index (Phi) is 3.04. The van der Waals surface area contributed by atoms with Gasteiger partial charge in [-0.3, -0.25) is 4.98 Å². The van der Waals surface area contributed by atoms with Crippen molar-refractivity contribution in [3.63, 3.8) is 0 Å². The molecular weight excluding hydrogens is 254 g/mol. The van der Waals surface area contributed by atoms with Crippen molar-refractivity contribution in [3.8, 4) is 5.75 Å². The molecule has 0 aliphatic heterocycles. The van der Waals surface area contributed by atoms with E-state index in [1.165, 1.54) is 0 Å². The second kappa shape index (κ2) is 5.00.